The first-order chi connectivity index (χ1) is 20.0. The molecule has 3 atom stereocenters. The van der Waals surface area contributed by atoms with Gasteiger partial charge in [-0.2, -0.15) is 9.97 Å². The molecule has 1 aromatic heterocycles. The molecule has 7 rings (SSSR count). The molecule has 4 aliphatic rings. The molecule has 0 bridgehead atoms. The number of aromatic nitrogens is 2. The van der Waals surface area contributed by atoms with E-state index in [9.17, 15) is 4.79 Å². The maximum atomic E-state index is 12.8. The standard InChI is InChI=1S/C33H38ClN5O2/c1-3-7-29(40)33-14-17-39(19-23(33)18-33)31-25-13-16-38(28-12-5-9-22-8-4-11-26(34)30(22)28)20-27(25)35-32(36-31)41-21-24-10-6-15-37(24)2/h3-5,7-9,11-12,23-24H,6,10,13-21H2,1-2H3/b7-3+/t23-,24+,33+/m1/s1. The second kappa shape index (κ2) is 10.6. The fraction of sp³-hybridized carbons (Fsp3) is 0.485. The topological polar surface area (TPSA) is 61.8 Å². The van der Waals surface area contributed by atoms with E-state index in [1.165, 1.54) is 12.0 Å². The number of likely N-dealkylation sites (N-methyl/N-ethyl adjacent to an activating group) is 1. The summed E-state index contributed by atoms with van der Waals surface area (Å²) in [7, 11) is 2.16. The van der Waals surface area contributed by atoms with Crippen LogP contribution >= 0.6 is 11.6 Å². The Morgan fingerprint density at radius 2 is 2.00 bits per heavy atom. The lowest BCUT2D eigenvalue weighted by atomic mass is 9.90. The number of fused-ring (bicyclic) bond motifs is 3. The SMILES string of the molecule is C/C=C/C(=O)[C@]12CCN(c3nc(OC[C@@H]4CCCN4C)nc4c3CCN(c3cccc5cccc(Cl)c35)C4)C[C@H]1C2. The van der Waals surface area contributed by atoms with Crippen molar-refractivity contribution >= 4 is 39.7 Å². The number of carbonyl (C=O) groups is 1. The van der Waals surface area contributed by atoms with E-state index in [0.29, 0.717) is 36.9 Å². The molecule has 214 valence electrons. The van der Waals surface area contributed by atoms with Gasteiger partial charge in [-0.1, -0.05) is 41.9 Å². The van der Waals surface area contributed by atoms with E-state index in [1.54, 1.807) is 6.08 Å². The molecule has 0 spiro atoms. The van der Waals surface area contributed by atoms with Crippen LogP contribution in [0.25, 0.3) is 10.8 Å². The summed E-state index contributed by atoms with van der Waals surface area (Å²) in [5.74, 6) is 1.68. The van der Waals surface area contributed by atoms with Crippen LogP contribution < -0.4 is 14.5 Å². The quantitative estimate of drug-likeness (QED) is 0.338. The van der Waals surface area contributed by atoms with Crippen molar-refractivity contribution in [3.8, 4) is 6.01 Å². The number of hydrogen-bond acceptors (Lipinski definition) is 7. The number of hydrogen-bond donors (Lipinski definition) is 0. The Labute approximate surface area is 247 Å². The van der Waals surface area contributed by atoms with Crippen molar-refractivity contribution in [2.75, 3.05) is 49.6 Å². The Morgan fingerprint density at radius 3 is 2.78 bits per heavy atom. The van der Waals surface area contributed by atoms with Crippen molar-refractivity contribution in [1.29, 1.82) is 0 Å². The molecule has 0 unspecified atom stereocenters. The van der Waals surface area contributed by atoms with Crippen LogP contribution in [-0.4, -0.2) is 66.5 Å². The van der Waals surface area contributed by atoms with Gasteiger partial charge in [-0.3, -0.25) is 4.79 Å². The number of ether oxygens (including phenoxy) is 1. The van der Waals surface area contributed by atoms with Crippen LogP contribution in [0.15, 0.2) is 48.6 Å². The number of ketones is 1. The molecule has 1 aliphatic carbocycles. The molecule has 4 heterocycles. The van der Waals surface area contributed by atoms with Crippen molar-refractivity contribution in [3.63, 3.8) is 0 Å². The highest BCUT2D eigenvalue weighted by atomic mass is 35.5. The van der Waals surface area contributed by atoms with Crippen molar-refractivity contribution < 1.29 is 9.53 Å². The summed E-state index contributed by atoms with van der Waals surface area (Å²) in [6.07, 6.45) is 8.69. The number of nitrogens with zero attached hydrogens (tertiary/aromatic N) is 5. The summed E-state index contributed by atoms with van der Waals surface area (Å²) in [5, 5.41) is 3.00. The van der Waals surface area contributed by atoms with Gasteiger partial charge in [0.15, 0.2) is 5.78 Å². The van der Waals surface area contributed by atoms with E-state index in [4.69, 9.17) is 26.3 Å². The minimum atomic E-state index is -0.160. The maximum Gasteiger partial charge on any atom is 0.318 e. The second-order valence-electron chi connectivity index (χ2n) is 12.2. The second-order valence-corrected chi connectivity index (χ2v) is 12.7. The number of piperidine rings is 1. The van der Waals surface area contributed by atoms with Gasteiger partial charge in [-0.15, -0.1) is 0 Å². The van der Waals surface area contributed by atoms with Gasteiger partial charge in [0.25, 0.3) is 0 Å². The fourth-order valence-corrected chi connectivity index (χ4v) is 7.65. The Hall–Kier alpha value is -3.16. The van der Waals surface area contributed by atoms with Gasteiger partial charge in [-0.05, 0) is 82.1 Å². The van der Waals surface area contributed by atoms with E-state index >= 15 is 0 Å². The maximum absolute atomic E-state index is 12.8. The molecule has 3 aliphatic heterocycles. The van der Waals surface area contributed by atoms with Crippen molar-refractivity contribution in [2.24, 2.45) is 11.3 Å². The summed E-state index contributed by atoms with van der Waals surface area (Å²) >= 11 is 6.71. The van der Waals surface area contributed by atoms with Gasteiger partial charge in [0, 0.05) is 47.7 Å². The van der Waals surface area contributed by atoms with Crippen molar-refractivity contribution in [1.82, 2.24) is 14.9 Å². The van der Waals surface area contributed by atoms with E-state index in [2.05, 4.69) is 46.0 Å². The smallest absolute Gasteiger partial charge is 0.318 e. The Balaban J connectivity index is 1.20. The lowest BCUT2D eigenvalue weighted by molar-refractivity contribution is -0.120. The van der Waals surface area contributed by atoms with Crippen molar-refractivity contribution in [2.45, 2.75) is 51.6 Å². The highest BCUT2D eigenvalue weighted by Gasteiger charge is 2.60. The highest BCUT2D eigenvalue weighted by Crippen LogP contribution is 2.59. The predicted octanol–water partition coefficient (Wildman–Crippen LogP) is 5.68. The van der Waals surface area contributed by atoms with Gasteiger partial charge >= 0.3 is 6.01 Å². The minimum absolute atomic E-state index is 0.160. The molecule has 3 fully saturated rings. The number of benzene rings is 2. The molecule has 41 heavy (non-hydrogen) atoms. The third-order valence-electron chi connectivity index (χ3n) is 9.88. The monoisotopic (exact) mass is 571 g/mol. The van der Waals surface area contributed by atoms with Crippen LogP contribution in [0.5, 0.6) is 6.01 Å². The summed E-state index contributed by atoms with van der Waals surface area (Å²) < 4.78 is 6.32. The number of allylic oxidation sites excluding steroid dienone is 2. The van der Waals surface area contributed by atoms with Crippen LogP contribution in [0, 0.1) is 11.3 Å². The third-order valence-corrected chi connectivity index (χ3v) is 10.2. The molecule has 0 radical (unpaired) electrons. The molecule has 1 saturated carbocycles. The average Bonchev–Trinajstić information content (AvgIpc) is 3.60. The van der Waals surface area contributed by atoms with Gasteiger partial charge in [0.2, 0.25) is 0 Å². The number of likely N-dealkylation sites (tertiary alicyclic amines) is 1. The molecular formula is C33H38ClN5O2. The summed E-state index contributed by atoms with van der Waals surface area (Å²) in [4.78, 5) is 30.1. The van der Waals surface area contributed by atoms with Gasteiger partial charge in [0.1, 0.15) is 12.4 Å². The van der Waals surface area contributed by atoms with Gasteiger partial charge in [0.05, 0.1) is 17.3 Å². The Bertz CT molecular complexity index is 1520. The Morgan fingerprint density at radius 1 is 1.15 bits per heavy atom. The normalized spacial score (nSPS) is 25.9. The van der Waals surface area contributed by atoms with Crippen LogP contribution in [0.4, 0.5) is 11.5 Å². The first-order valence-electron chi connectivity index (χ1n) is 15.0. The van der Waals surface area contributed by atoms with E-state index in [-0.39, 0.29) is 5.41 Å². The molecule has 2 aromatic carbocycles. The third kappa shape index (κ3) is 4.77. The molecule has 0 N–H and O–H groups in total. The van der Waals surface area contributed by atoms with Crippen LogP contribution in [0.1, 0.15) is 43.9 Å². The predicted molar refractivity (Wildman–Crippen MR) is 164 cm³/mol. The number of halogens is 1. The Kier molecular flexibility index (Phi) is 6.90. The number of rotatable bonds is 7. The zero-order valence-electron chi connectivity index (χ0n) is 24.0. The zero-order chi connectivity index (χ0) is 28.1. The first kappa shape index (κ1) is 26.7. The lowest BCUT2D eigenvalue weighted by Gasteiger charge is -2.36. The van der Waals surface area contributed by atoms with Gasteiger partial charge in [-0.25, -0.2) is 0 Å². The van der Waals surface area contributed by atoms with Crippen LogP contribution in [0.2, 0.25) is 5.02 Å². The molecule has 3 aromatic rings. The van der Waals surface area contributed by atoms with Crippen molar-refractivity contribution in [3.05, 3.63) is 64.8 Å². The zero-order valence-corrected chi connectivity index (χ0v) is 24.7. The molecule has 7 nitrogen and oxygen atoms in total. The summed E-state index contributed by atoms with van der Waals surface area (Å²) in [5.41, 5.74) is 3.22. The van der Waals surface area contributed by atoms with Crippen LogP contribution in [-0.2, 0) is 17.8 Å². The van der Waals surface area contributed by atoms with Crippen LogP contribution in [0.3, 0.4) is 0 Å². The minimum Gasteiger partial charge on any atom is -0.462 e. The first-order valence-corrected chi connectivity index (χ1v) is 15.4. The highest BCUT2D eigenvalue weighted by molar-refractivity contribution is 6.36. The molecule has 8 heteroatoms. The molecule has 0 amide bonds. The van der Waals surface area contributed by atoms with E-state index in [0.717, 1.165) is 84.9 Å². The number of carbonyl (C=O) groups excluding carboxylic acids is 1. The largest absolute Gasteiger partial charge is 0.462 e. The molecular weight excluding hydrogens is 534 g/mol. The average molecular weight is 572 g/mol. The number of anilines is 2. The fourth-order valence-electron chi connectivity index (χ4n) is 7.37. The summed E-state index contributed by atoms with van der Waals surface area (Å²) in [6.45, 7) is 6.86. The summed E-state index contributed by atoms with van der Waals surface area (Å²) in [6, 6.07) is 13.3. The van der Waals surface area contributed by atoms with E-state index in [1.807, 2.05) is 25.1 Å². The van der Waals surface area contributed by atoms with E-state index < -0.39 is 0 Å². The lowest BCUT2D eigenvalue weighted by Crippen LogP contribution is -2.40. The van der Waals surface area contributed by atoms with Gasteiger partial charge < -0.3 is 19.4 Å². The molecule has 2 saturated heterocycles.